The van der Waals surface area contributed by atoms with Crippen molar-refractivity contribution in [3.8, 4) is 0 Å². The third-order valence-corrected chi connectivity index (χ3v) is 6.17. The molecule has 0 aliphatic heterocycles. The van der Waals surface area contributed by atoms with Crippen LogP contribution in [0.3, 0.4) is 0 Å². The van der Waals surface area contributed by atoms with Crippen LogP contribution in [-0.4, -0.2) is 4.98 Å². The molecule has 1 aliphatic rings. The number of aryl methyl sites for hydroxylation is 2. The van der Waals surface area contributed by atoms with Crippen molar-refractivity contribution in [3.05, 3.63) is 63.8 Å². The first-order chi connectivity index (χ1) is 12.8. The predicted octanol–water partition coefficient (Wildman–Crippen LogP) is 6.93. The number of rotatable bonds is 7. The van der Waals surface area contributed by atoms with E-state index in [4.69, 9.17) is 0 Å². The minimum Gasteiger partial charge on any atom is -0.358 e. The Kier molecular flexibility index (Phi) is 5.85. The predicted molar refractivity (Wildman–Crippen MR) is 115 cm³/mol. The standard InChI is InChI=1S/C23H29FN2S/c1-15(2)12-23(5,13-20-10-9-16(3)27-20)17(4)26-19-11-18-7-6-8-21(24)22(18)25-14-19/h8-11,14-15,26H,4,6-7,12-13H2,1-3,5H3. The molecule has 1 unspecified atom stereocenters. The number of thiophene rings is 1. The highest BCUT2D eigenvalue weighted by molar-refractivity contribution is 7.11. The molecule has 2 heterocycles. The first-order valence-corrected chi connectivity index (χ1v) is 10.4. The van der Waals surface area contributed by atoms with Crippen LogP contribution in [0.1, 0.15) is 54.6 Å². The number of nitrogens with one attached hydrogen (secondary N) is 1. The second kappa shape index (κ2) is 7.97. The van der Waals surface area contributed by atoms with Crippen LogP contribution in [0.15, 0.2) is 42.7 Å². The van der Waals surface area contributed by atoms with Gasteiger partial charge in [-0.25, -0.2) is 4.39 Å². The zero-order valence-corrected chi connectivity index (χ0v) is 17.5. The fourth-order valence-electron chi connectivity index (χ4n) is 3.93. The van der Waals surface area contributed by atoms with Crippen LogP contribution in [-0.2, 0) is 12.8 Å². The van der Waals surface area contributed by atoms with E-state index in [9.17, 15) is 4.39 Å². The first-order valence-electron chi connectivity index (χ1n) is 9.63. The Morgan fingerprint density at radius 3 is 2.85 bits per heavy atom. The third-order valence-electron chi connectivity index (χ3n) is 5.17. The van der Waals surface area contributed by atoms with Gasteiger partial charge in [-0.2, -0.15) is 0 Å². The summed E-state index contributed by atoms with van der Waals surface area (Å²) in [6, 6.07) is 6.42. The molecule has 4 heteroatoms. The van der Waals surface area contributed by atoms with E-state index < -0.39 is 0 Å². The van der Waals surface area contributed by atoms with Gasteiger partial charge in [-0.1, -0.05) is 27.4 Å². The van der Waals surface area contributed by atoms with Crippen molar-refractivity contribution < 1.29 is 4.39 Å². The Morgan fingerprint density at radius 1 is 1.41 bits per heavy atom. The van der Waals surface area contributed by atoms with Crippen LogP contribution in [0, 0.1) is 18.3 Å². The van der Waals surface area contributed by atoms with E-state index in [1.807, 2.05) is 17.4 Å². The second-order valence-corrected chi connectivity index (χ2v) is 9.65. The van der Waals surface area contributed by atoms with Gasteiger partial charge in [-0.15, -0.1) is 11.3 Å². The third kappa shape index (κ3) is 4.67. The zero-order valence-electron chi connectivity index (χ0n) is 16.7. The summed E-state index contributed by atoms with van der Waals surface area (Å²) in [5, 5.41) is 3.49. The van der Waals surface area contributed by atoms with Crippen LogP contribution in [0.2, 0.25) is 0 Å². The number of halogens is 1. The smallest absolute Gasteiger partial charge is 0.145 e. The maximum Gasteiger partial charge on any atom is 0.145 e. The number of aromatic nitrogens is 1. The summed E-state index contributed by atoms with van der Waals surface area (Å²) in [6.45, 7) is 13.3. The molecular formula is C23H29FN2S. The summed E-state index contributed by atoms with van der Waals surface area (Å²) in [4.78, 5) is 7.06. The van der Waals surface area contributed by atoms with E-state index >= 15 is 0 Å². The number of allylic oxidation sites excluding steroid dienone is 2. The summed E-state index contributed by atoms with van der Waals surface area (Å²) in [6.07, 6.45) is 6.90. The lowest BCUT2D eigenvalue weighted by molar-refractivity contribution is 0.314. The van der Waals surface area contributed by atoms with Gasteiger partial charge in [0.1, 0.15) is 11.5 Å². The molecular weight excluding hydrogens is 355 g/mol. The highest BCUT2D eigenvalue weighted by atomic mass is 32.1. The number of nitrogens with zero attached hydrogens (tertiary/aromatic N) is 1. The van der Waals surface area contributed by atoms with Gasteiger partial charge in [0.2, 0.25) is 0 Å². The number of hydrogen-bond acceptors (Lipinski definition) is 3. The van der Waals surface area contributed by atoms with Gasteiger partial charge >= 0.3 is 0 Å². The van der Waals surface area contributed by atoms with Gasteiger partial charge in [0.25, 0.3) is 0 Å². The summed E-state index contributed by atoms with van der Waals surface area (Å²) >= 11 is 1.86. The number of anilines is 1. The van der Waals surface area contributed by atoms with Crippen molar-refractivity contribution in [2.75, 3.05) is 5.32 Å². The van der Waals surface area contributed by atoms with Gasteiger partial charge in [0, 0.05) is 20.9 Å². The van der Waals surface area contributed by atoms with Crippen molar-refractivity contribution in [2.24, 2.45) is 11.3 Å². The minimum absolute atomic E-state index is 0.0630. The van der Waals surface area contributed by atoms with E-state index in [-0.39, 0.29) is 11.2 Å². The zero-order chi connectivity index (χ0) is 19.6. The molecule has 3 rings (SSSR count). The maximum absolute atomic E-state index is 13.9. The molecule has 0 radical (unpaired) electrons. The average Bonchev–Trinajstić information content (AvgIpc) is 2.98. The molecule has 1 atom stereocenters. The van der Waals surface area contributed by atoms with Crippen LogP contribution in [0.25, 0.3) is 5.83 Å². The molecule has 27 heavy (non-hydrogen) atoms. The molecule has 2 nitrogen and oxygen atoms in total. The molecule has 2 aromatic rings. The molecule has 0 bridgehead atoms. The lowest BCUT2D eigenvalue weighted by Crippen LogP contribution is -2.28. The van der Waals surface area contributed by atoms with Crippen LogP contribution in [0.4, 0.5) is 10.1 Å². The summed E-state index contributed by atoms with van der Waals surface area (Å²) < 4.78 is 13.9. The summed E-state index contributed by atoms with van der Waals surface area (Å²) in [5.41, 5.74) is 3.28. The molecule has 0 saturated carbocycles. The number of fused-ring (bicyclic) bond motifs is 1. The van der Waals surface area contributed by atoms with Crippen molar-refractivity contribution in [1.82, 2.24) is 4.98 Å². The molecule has 1 N–H and O–H groups in total. The van der Waals surface area contributed by atoms with Crippen molar-refractivity contribution in [1.29, 1.82) is 0 Å². The SMILES string of the molecule is C=C(Nc1cnc2c(c1)CCC=C2F)C(C)(Cc1ccc(C)s1)CC(C)C. The van der Waals surface area contributed by atoms with E-state index in [1.54, 1.807) is 12.3 Å². The minimum atomic E-state index is -0.209. The highest BCUT2D eigenvalue weighted by Crippen LogP contribution is 2.39. The van der Waals surface area contributed by atoms with Gasteiger partial charge in [-0.3, -0.25) is 4.98 Å². The van der Waals surface area contributed by atoms with E-state index in [0.717, 1.165) is 42.6 Å². The number of pyridine rings is 1. The highest BCUT2D eigenvalue weighted by Gasteiger charge is 2.30. The summed E-state index contributed by atoms with van der Waals surface area (Å²) in [5.74, 6) is 0.356. The Labute approximate surface area is 166 Å². The molecule has 0 spiro atoms. The summed E-state index contributed by atoms with van der Waals surface area (Å²) in [7, 11) is 0. The topological polar surface area (TPSA) is 24.9 Å². The van der Waals surface area contributed by atoms with Crippen LogP contribution in [0.5, 0.6) is 0 Å². The van der Waals surface area contributed by atoms with E-state index in [2.05, 4.69) is 56.7 Å². The molecule has 0 amide bonds. The molecule has 1 aliphatic carbocycles. The van der Waals surface area contributed by atoms with Gasteiger partial charge in [0.05, 0.1) is 11.9 Å². The molecule has 2 aromatic heterocycles. The maximum atomic E-state index is 13.9. The quantitative estimate of drug-likeness (QED) is 0.560. The molecule has 0 aromatic carbocycles. The van der Waals surface area contributed by atoms with Crippen molar-refractivity contribution in [2.45, 2.75) is 53.4 Å². The largest absolute Gasteiger partial charge is 0.358 e. The van der Waals surface area contributed by atoms with Gasteiger partial charge in [-0.05, 0) is 68.4 Å². The Balaban J connectivity index is 1.81. The van der Waals surface area contributed by atoms with Crippen molar-refractivity contribution in [3.63, 3.8) is 0 Å². The fourth-order valence-corrected chi connectivity index (χ4v) is 5.00. The van der Waals surface area contributed by atoms with Crippen molar-refractivity contribution >= 4 is 22.9 Å². The van der Waals surface area contributed by atoms with Crippen LogP contribution < -0.4 is 5.32 Å². The first kappa shape index (κ1) is 19.8. The average molecular weight is 385 g/mol. The number of hydrogen-bond donors (Lipinski definition) is 1. The Morgan fingerprint density at radius 2 is 2.19 bits per heavy atom. The lowest BCUT2D eigenvalue weighted by atomic mass is 9.76. The fraction of sp³-hybridized carbons (Fsp3) is 0.435. The molecule has 0 fully saturated rings. The van der Waals surface area contributed by atoms with Gasteiger partial charge in [0.15, 0.2) is 0 Å². The van der Waals surface area contributed by atoms with Crippen LogP contribution >= 0.6 is 11.3 Å². The molecule has 144 valence electrons. The van der Waals surface area contributed by atoms with E-state index in [1.165, 1.54) is 9.75 Å². The Bertz CT molecular complexity index is 865. The second-order valence-electron chi connectivity index (χ2n) is 8.27. The van der Waals surface area contributed by atoms with Gasteiger partial charge < -0.3 is 5.32 Å². The lowest BCUT2D eigenvalue weighted by Gasteiger charge is -2.34. The molecule has 0 saturated heterocycles. The monoisotopic (exact) mass is 384 g/mol. The van der Waals surface area contributed by atoms with E-state index in [0.29, 0.717) is 11.6 Å². The normalized spacial score (nSPS) is 15.9. The Hall–Kier alpha value is -1.94.